The fraction of sp³-hybridized carbons (Fsp3) is 0.520. The molecule has 6 nitrogen and oxygen atoms in total. The molecule has 0 aliphatic carbocycles. The minimum atomic E-state index is -0.455. The van der Waals surface area contributed by atoms with Gasteiger partial charge in [0.1, 0.15) is 6.04 Å². The van der Waals surface area contributed by atoms with Gasteiger partial charge in [0.25, 0.3) is 0 Å². The van der Waals surface area contributed by atoms with Gasteiger partial charge in [-0.2, -0.15) is 0 Å². The first-order valence-electron chi connectivity index (χ1n) is 11.6. The van der Waals surface area contributed by atoms with E-state index in [9.17, 15) is 14.4 Å². The molecule has 1 aromatic heterocycles. The van der Waals surface area contributed by atoms with Crippen LogP contribution < -0.4 is 0 Å². The average molecular weight is 454 g/mol. The SMILES string of the molecule is Cc1nc(C(=O)[C@@H]2CCCN2C(=O)[C@@H]2CCCN2C(=O)CCCc2ccccc2)sc1C. The number of rotatable bonds is 7. The molecule has 7 heteroatoms. The summed E-state index contributed by atoms with van der Waals surface area (Å²) in [5, 5.41) is 0.491. The summed E-state index contributed by atoms with van der Waals surface area (Å²) in [5.41, 5.74) is 2.10. The molecule has 4 rings (SSSR count). The van der Waals surface area contributed by atoms with Crippen molar-refractivity contribution < 1.29 is 14.4 Å². The fourth-order valence-corrected chi connectivity index (χ4v) is 5.67. The van der Waals surface area contributed by atoms with Crippen LogP contribution in [-0.4, -0.2) is 57.6 Å². The second-order valence-corrected chi connectivity index (χ2v) is 10.0. The Morgan fingerprint density at radius 3 is 2.38 bits per heavy atom. The largest absolute Gasteiger partial charge is 0.331 e. The summed E-state index contributed by atoms with van der Waals surface area (Å²) >= 11 is 1.40. The first-order valence-corrected chi connectivity index (χ1v) is 12.4. The van der Waals surface area contributed by atoms with Gasteiger partial charge in [-0.25, -0.2) is 4.98 Å². The highest BCUT2D eigenvalue weighted by molar-refractivity contribution is 7.13. The second-order valence-electron chi connectivity index (χ2n) is 8.80. The summed E-state index contributed by atoms with van der Waals surface area (Å²) in [7, 11) is 0. The van der Waals surface area contributed by atoms with Crippen molar-refractivity contribution >= 4 is 28.9 Å². The summed E-state index contributed by atoms with van der Waals surface area (Å²) in [4.78, 5) is 48.4. The quantitative estimate of drug-likeness (QED) is 0.595. The van der Waals surface area contributed by atoms with Gasteiger partial charge in [-0.05, 0) is 57.9 Å². The summed E-state index contributed by atoms with van der Waals surface area (Å²) < 4.78 is 0. The molecular weight excluding hydrogens is 422 g/mol. The highest BCUT2D eigenvalue weighted by Crippen LogP contribution is 2.29. The van der Waals surface area contributed by atoms with Gasteiger partial charge in [0, 0.05) is 24.4 Å². The number of carbonyl (C=O) groups excluding carboxylic acids is 3. The predicted molar refractivity (Wildman–Crippen MR) is 125 cm³/mol. The number of thiazole rings is 1. The lowest BCUT2D eigenvalue weighted by Gasteiger charge is -2.30. The van der Waals surface area contributed by atoms with Crippen molar-refractivity contribution in [2.45, 2.75) is 70.9 Å². The van der Waals surface area contributed by atoms with E-state index in [2.05, 4.69) is 17.1 Å². The van der Waals surface area contributed by atoms with Crippen molar-refractivity contribution in [2.24, 2.45) is 0 Å². The Morgan fingerprint density at radius 2 is 1.69 bits per heavy atom. The minimum absolute atomic E-state index is 0.0463. The first kappa shape index (κ1) is 22.6. The zero-order valence-corrected chi connectivity index (χ0v) is 19.7. The van der Waals surface area contributed by atoms with Gasteiger partial charge in [-0.3, -0.25) is 14.4 Å². The summed E-state index contributed by atoms with van der Waals surface area (Å²) in [5.74, 6) is -0.0828. The van der Waals surface area contributed by atoms with Gasteiger partial charge in [0.2, 0.25) is 17.6 Å². The van der Waals surface area contributed by atoms with E-state index in [4.69, 9.17) is 0 Å². The van der Waals surface area contributed by atoms with Crippen LogP contribution in [0.5, 0.6) is 0 Å². The van der Waals surface area contributed by atoms with Crippen LogP contribution in [0.25, 0.3) is 0 Å². The molecular formula is C25H31N3O3S. The third kappa shape index (κ3) is 4.77. The Morgan fingerprint density at radius 1 is 1.00 bits per heavy atom. The molecule has 2 atom stereocenters. The van der Waals surface area contributed by atoms with Crippen molar-refractivity contribution in [2.75, 3.05) is 13.1 Å². The van der Waals surface area contributed by atoms with Crippen molar-refractivity contribution in [3.63, 3.8) is 0 Å². The molecule has 170 valence electrons. The molecule has 2 aliphatic heterocycles. The van der Waals surface area contributed by atoms with Gasteiger partial charge < -0.3 is 9.80 Å². The van der Waals surface area contributed by atoms with E-state index in [1.165, 1.54) is 16.9 Å². The van der Waals surface area contributed by atoms with E-state index in [1.807, 2.05) is 32.0 Å². The van der Waals surface area contributed by atoms with Crippen LogP contribution in [0.4, 0.5) is 0 Å². The van der Waals surface area contributed by atoms with Crippen molar-refractivity contribution in [1.29, 1.82) is 0 Å². The molecule has 3 heterocycles. The lowest BCUT2D eigenvalue weighted by atomic mass is 10.1. The maximum atomic E-state index is 13.4. The number of carbonyl (C=O) groups is 3. The number of Topliss-reactive ketones (excluding diaryl/α,β-unsaturated/α-hetero) is 1. The molecule has 0 unspecified atom stereocenters. The van der Waals surface area contributed by atoms with E-state index in [1.54, 1.807) is 9.80 Å². The van der Waals surface area contributed by atoms with Gasteiger partial charge in [0.05, 0.1) is 11.7 Å². The maximum absolute atomic E-state index is 13.4. The molecule has 2 saturated heterocycles. The minimum Gasteiger partial charge on any atom is -0.331 e. The van der Waals surface area contributed by atoms with Crippen LogP contribution in [-0.2, 0) is 16.0 Å². The summed E-state index contributed by atoms with van der Waals surface area (Å²) in [6.45, 7) is 5.06. The summed E-state index contributed by atoms with van der Waals surface area (Å²) in [6.07, 6.45) is 5.05. The zero-order valence-electron chi connectivity index (χ0n) is 18.9. The number of hydrogen-bond acceptors (Lipinski definition) is 5. The average Bonchev–Trinajstić information content (AvgIpc) is 3.54. The molecule has 0 N–H and O–H groups in total. The van der Waals surface area contributed by atoms with Crippen LogP contribution in [0.2, 0.25) is 0 Å². The van der Waals surface area contributed by atoms with Crippen molar-refractivity contribution in [1.82, 2.24) is 14.8 Å². The predicted octanol–water partition coefficient (Wildman–Crippen LogP) is 3.95. The Kier molecular flexibility index (Phi) is 7.04. The van der Waals surface area contributed by atoms with E-state index in [0.717, 1.165) is 36.3 Å². The number of benzene rings is 1. The normalized spacial score (nSPS) is 20.7. The number of likely N-dealkylation sites (tertiary alicyclic amines) is 2. The Bertz CT molecular complexity index is 968. The molecule has 2 aromatic rings. The monoisotopic (exact) mass is 453 g/mol. The number of hydrogen-bond donors (Lipinski definition) is 0. The molecule has 0 spiro atoms. The van der Waals surface area contributed by atoms with E-state index in [0.29, 0.717) is 37.4 Å². The first-order chi connectivity index (χ1) is 15.5. The van der Waals surface area contributed by atoms with E-state index < -0.39 is 12.1 Å². The van der Waals surface area contributed by atoms with Gasteiger partial charge >= 0.3 is 0 Å². The van der Waals surface area contributed by atoms with Crippen LogP contribution in [0.15, 0.2) is 30.3 Å². The van der Waals surface area contributed by atoms with E-state index >= 15 is 0 Å². The molecule has 0 bridgehead atoms. The van der Waals surface area contributed by atoms with E-state index in [-0.39, 0.29) is 17.6 Å². The van der Waals surface area contributed by atoms with Crippen LogP contribution in [0.1, 0.15) is 64.5 Å². The highest BCUT2D eigenvalue weighted by atomic mass is 32.1. The standard InChI is InChI=1S/C25H31N3O3S/c1-17-18(2)32-24(26-17)23(30)20-12-7-16-28(20)25(31)21-13-8-15-27(21)22(29)14-6-11-19-9-4-3-5-10-19/h3-5,9-10,20-21H,6-8,11-16H2,1-2H3/t20-,21-/m0/s1. The molecule has 2 aliphatic rings. The molecule has 0 saturated carbocycles. The van der Waals surface area contributed by atoms with Gasteiger partial charge in [0.15, 0.2) is 5.01 Å². The smallest absolute Gasteiger partial charge is 0.246 e. The summed E-state index contributed by atoms with van der Waals surface area (Å²) in [6, 6.07) is 9.26. The number of ketones is 1. The molecule has 0 radical (unpaired) electrons. The number of nitrogens with zero attached hydrogens (tertiary/aromatic N) is 3. The fourth-order valence-electron chi connectivity index (χ4n) is 4.77. The van der Waals surface area contributed by atoms with Crippen LogP contribution in [0.3, 0.4) is 0 Å². The molecule has 2 fully saturated rings. The Balaban J connectivity index is 1.38. The Hall–Kier alpha value is -2.54. The lowest BCUT2D eigenvalue weighted by Crippen LogP contribution is -2.51. The van der Waals surface area contributed by atoms with Crippen LogP contribution in [0, 0.1) is 13.8 Å². The topological polar surface area (TPSA) is 70.6 Å². The molecule has 32 heavy (non-hydrogen) atoms. The van der Waals surface area contributed by atoms with Gasteiger partial charge in [-0.1, -0.05) is 30.3 Å². The Labute approximate surface area is 193 Å². The number of aromatic nitrogens is 1. The maximum Gasteiger partial charge on any atom is 0.246 e. The number of aryl methyl sites for hydroxylation is 3. The van der Waals surface area contributed by atoms with Gasteiger partial charge in [-0.15, -0.1) is 11.3 Å². The lowest BCUT2D eigenvalue weighted by molar-refractivity contribution is -0.144. The zero-order chi connectivity index (χ0) is 22.7. The third-order valence-electron chi connectivity index (χ3n) is 6.63. The number of amides is 2. The van der Waals surface area contributed by atoms with Crippen LogP contribution >= 0.6 is 11.3 Å². The molecule has 2 amide bonds. The third-order valence-corrected chi connectivity index (χ3v) is 7.72. The second kappa shape index (κ2) is 9.94. The highest BCUT2D eigenvalue weighted by Gasteiger charge is 2.42. The van der Waals surface area contributed by atoms with Crippen molar-refractivity contribution in [3.8, 4) is 0 Å². The van der Waals surface area contributed by atoms with Crippen molar-refractivity contribution in [3.05, 3.63) is 51.5 Å². The molecule has 1 aromatic carbocycles.